The Morgan fingerprint density at radius 2 is 1.85 bits per heavy atom. The smallest absolute Gasteiger partial charge is 0.230 e. The average Bonchev–Trinajstić information content (AvgIpc) is 2.61. The van der Waals surface area contributed by atoms with E-state index in [0.29, 0.717) is 29.5 Å². The van der Waals surface area contributed by atoms with Crippen molar-refractivity contribution in [2.45, 2.75) is 40.5 Å². The van der Waals surface area contributed by atoms with Crippen molar-refractivity contribution < 1.29 is 14.3 Å². The predicted molar refractivity (Wildman–Crippen MR) is 111 cm³/mol. The molecule has 0 unspecified atom stereocenters. The summed E-state index contributed by atoms with van der Waals surface area (Å²) in [5, 5.41) is 3.40. The van der Waals surface area contributed by atoms with E-state index in [1.807, 2.05) is 33.8 Å². The minimum absolute atomic E-state index is 0.0459. The van der Waals surface area contributed by atoms with Gasteiger partial charge in [-0.3, -0.25) is 4.79 Å². The first-order valence-electron chi connectivity index (χ1n) is 9.08. The highest BCUT2D eigenvalue weighted by Gasteiger charge is 2.27. The second-order valence-electron chi connectivity index (χ2n) is 7.41. The molecule has 2 rings (SSSR count). The van der Waals surface area contributed by atoms with Gasteiger partial charge in [0.2, 0.25) is 5.91 Å². The molecular weight excluding hydrogens is 362 g/mol. The average molecular weight is 390 g/mol. The number of ether oxygens (including phenoxy) is 2. The van der Waals surface area contributed by atoms with E-state index in [4.69, 9.17) is 21.1 Å². The Kier molecular flexibility index (Phi) is 7.14. The first kappa shape index (κ1) is 21.1. The molecule has 0 aromatic heterocycles. The molecule has 0 aliphatic carbocycles. The van der Waals surface area contributed by atoms with E-state index in [1.54, 1.807) is 25.3 Å². The summed E-state index contributed by atoms with van der Waals surface area (Å²) in [6.07, 6.45) is 1.50. The summed E-state index contributed by atoms with van der Waals surface area (Å²) in [4.78, 5) is 12.6. The number of halogens is 1. The van der Waals surface area contributed by atoms with Crippen LogP contribution < -0.4 is 14.8 Å². The van der Waals surface area contributed by atoms with E-state index in [9.17, 15) is 4.79 Å². The Bertz CT molecular complexity index is 802. The summed E-state index contributed by atoms with van der Waals surface area (Å²) in [6.45, 7) is 8.53. The highest BCUT2D eigenvalue weighted by molar-refractivity contribution is 6.32. The standard InChI is InChI=1S/C22H28ClNO3/c1-15-7-8-16(2)20(13-15)27-12-6-11-22(3,4)21(25)24-17-9-10-19(26-5)18(23)14-17/h7-10,13-14H,6,11-12H2,1-5H3,(H,24,25). The fraction of sp³-hybridized carbons (Fsp3) is 0.409. The van der Waals surface area contributed by atoms with Gasteiger partial charge < -0.3 is 14.8 Å². The Balaban J connectivity index is 1.86. The molecule has 1 amide bonds. The monoisotopic (exact) mass is 389 g/mol. The van der Waals surface area contributed by atoms with Gasteiger partial charge in [-0.2, -0.15) is 0 Å². The first-order valence-corrected chi connectivity index (χ1v) is 9.46. The van der Waals surface area contributed by atoms with Crippen LogP contribution >= 0.6 is 11.6 Å². The van der Waals surface area contributed by atoms with E-state index >= 15 is 0 Å². The zero-order chi connectivity index (χ0) is 20.0. The molecule has 5 heteroatoms. The van der Waals surface area contributed by atoms with E-state index in [0.717, 1.165) is 17.7 Å². The normalized spacial score (nSPS) is 11.2. The molecule has 2 aromatic rings. The maximum absolute atomic E-state index is 12.6. The van der Waals surface area contributed by atoms with E-state index in [2.05, 4.69) is 17.4 Å². The van der Waals surface area contributed by atoms with Crippen LogP contribution in [0.5, 0.6) is 11.5 Å². The highest BCUT2D eigenvalue weighted by atomic mass is 35.5. The second kappa shape index (κ2) is 9.14. The zero-order valence-electron chi connectivity index (χ0n) is 16.7. The number of anilines is 1. The Morgan fingerprint density at radius 3 is 2.52 bits per heavy atom. The molecule has 146 valence electrons. The van der Waals surface area contributed by atoms with Crippen molar-refractivity contribution >= 4 is 23.2 Å². The third kappa shape index (κ3) is 5.90. The molecule has 0 radical (unpaired) electrons. The van der Waals surface area contributed by atoms with Crippen LogP contribution in [0.1, 0.15) is 37.8 Å². The molecule has 0 bridgehead atoms. The fourth-order valence-corrected chi connectivity index (χ4v) is 2.97. The Labute approximate surface area is 166 Å². The topological polar surface area (TPSA) is 47.6 Å². The summed E-state index contributed by atoms with van der Waals surface area (Å²) < 4.78 is 11.0. The lowest BCUT2D eigenvalue weighted by Crippen LogP contribution is -2.31. The summed E-state index contributed by atoms with van der Waals surface area (Å²) in [5.41, 5.74) is 2.44. The van der Waals surface area contributed by atoms with Crippen LogP contribution in [0.2, 0.25) is 5.02 Å². The van der Waals surface area contributed by atoms with Gasteiger partial charge in [-0.1, -0.05) is 37.6 Å². The van der Waals surface area contributed by atoms with Gasteiger partial charge in [0, 0.05) is 11.1 Å². The maximum atomic E-state index is 12.6. The van der Waals surface area contributed by atoms with Crippen LogP contribution in [-0.2, 0) is 4.79 Å². The number of carbonyl (C=O) groups is 1. The van der Waals surface area contributed by atoms with Gasteiger partial charge in [0.05, 0.1) is 18.7 Å². The number of methoxy groups -OCH3 is 1. The van der Waals surface area contributed by atoms with Crippen molar-refractivity contribution in [1.82, 2.24) is 0 Å². The van der Waals surface area contributed by atoms with Gasteiger partial charge in [-0.25, -0.2) is 0 Å². The second-order valence-corrected chi connectivity index (χ2v) is 7.82. The molecule has 0 aliphatic heterocycles. The number of amides is 1. The molecule has 0 atom stereocenters. The molecule has 0 fully saturated rings. The molecule has 0 spiro atoms. The molecular formula is C22H28ClNO3. The SMILES string of the molecule is COc1ccc(NC(=O)C(C)(C)CCCOc2cc(C)ccc2C)cc1Cl. The zero-order valence-corrected chi connectivity index (χ0v) is 17.4. The van der Waals surface area contributed by atoms with Crippen molar-refractivity contribution in [3.05, 3.63) is 52.5 Å². The lowest BCUT2D eigenvalue weighted by atomic mass is 9.87. The van der Waals surface area contributed by atoms with Crippen molar-refractivity contribution in [2.24, 2.45) is 5.41 Å². The van der Waals surface area contributed by atoms with Gasteiger partial charge in [0.15, 0.2) is 0 Å². The number of carbonyl (C=O) groups excluding carboxylic acids is 1. The quantitative estimate of drug-likeness (QED) is 0.581. The number of benzene rings is 2. The number of hydrogen-bond donors (Lipinski definition) is 1. The summed E-state index contributed by atoms with van der Waals surface area (Å²) >= 11 is 6.12. The number of nitrogens with one attached hydrogen (secondary N) is 1. The molecule has 1 N–H and O–H groups in total. The van der Waals surface area contributed by atoms with Gasteiger partial charge in [0.25, 0.3) is 0 Å². The lowest BCUT2D eigenvalue weighted by Gasteiger charge is -2.24. The largest absolute Gasteiger partial charge is 0.495 e. The van der Waals surface area contributed by atoms with Crippen LogP contribution in [0.15, 0.2) is 36.4 Å². The van der Waals surface area contributed by atoms with Crippen molar-refractivity contribution in [3.63, 3.8) is 0 Å². The van der Waals surface area contributed by atoms with E-state index in [1.165, 1.54) is 5.56 Å². The number of aryl methyl sites for hydroxylation is 2. The van der Waals surface area contributed by atoms with Crippen LogP contribution in [0.25, 0.3) is 0 Å². The van der Waals surface area contributed by atoms with Crippen molar-refractivity contribution in [1.29, 1.82) is 0 Å². The maximum Gasteiger partial charge on any atom is 0.230 e. The molecule has 27 heavy (non-hydrogen) atoms. The molecule has 0 saturated heterocycles. The molecule has 2 aromatic carbocycles. The van der Waals surface area contributed by atoms with Gasteiger partial charge in [-0.15, -0.1) is 0 Å². The molecule has 0 saturated carbocycles. The van der Waals surface area contributed by atoms with Crippen LogP contribution in [0, 0.1) is 19.3 Å². The van der Waals surface area contributed by atoms with Crippen LogP contribution in [0.3, 0.4) is 0 Å². The fourth-order valence-electron chi connectivity index (χ4n) is 2.72. The van der Waals surface area contributed by atoms with Gasteiger partial charge >= 0.3 is 0 Å². The third-order valence-corrected chi connectivity index (χ3v) is 4.87. The van der Waals surface area contributed by atoms with Gasteiger partial charge in [0.1, 0.15) is 11.5 Å². The Morgan fingerprint density at radius 1 is 1.11 bits per heavy atom. The number of hydrogen-bond acceptors (Lipinski definition) is 3. The first-order chi connectivity index (χ1) is 12.7. The number of rotatable bonds is 8. The predicted octanol–water partition coefficient (Wildman–Crippen LogP) is 5.79. The Hall–Kier alpha value is -2.20. The van der Waals surface area contributed by atoms with Crippen molar-refractivity contribution in [2.75, 3.05) is 19.0 Å². The van der Waals surface area contributed by atoms with Crippen LogP contribution in [0.4, 0.5) is 5.69 Å². The third-order valence-electron chi connectivity index (χ3n) is 4.57. The summed E-state index contributed by atoms with van der Waals surface area (Å²) in [6, 6.07) is 11.4. The van der Waals surface area contributed by atoms with Crippen molar-refractivity contribution in [3.8, 4) is 11.5 Å². The summed E-state index contributed by atoms with van der Waals surface area (Å²) in [5.74, 6) is 1.44. The van der Waals surface area contributed by atoms with E-state index < -0.39 is 5.41 Å². The minimum atomic E-state index is -0.516. The molecule has 0 aliphatic rings. The van der Waals surface area contributed by atoms with E-state index in [-0.39, 0.29) is 5.91 Å². The van der Waals surface area contributed by atoms with Gasteiger partial charge in [-0.05, 0) is 62.1 Å². The highest BCUT2D eigenvalue weighted by Crippen LogP contribution is 2.30. The van der Waals surface area contributed by atoms with Crippen LogP contribution in [-0.4, -0.2) is 19.6 Å². The molecule has 4 nitrogen and oxygen atoms in total. The minimum Gasteiger partial charge on any atom is -0.495 e. The lowest BCUT2D eigenvalue weighted by molar-refractivity contribution is -0.124. The molecule has 0 heterocycles. The summed E-state index contributed by atoms with van der Waals surface area (Å²) in [7, 11) is 1.56.